The van der Waals surface area contributed by atoms with Crippen LogP contribution in [0.2, 0.25) is 0 Å². The van der Waals surface area contributed by atoms with Crippen molar-refractivity contribution in [3.05, 3.63) is 0 Å². The van der Waals surface area contributed by atoms with Crippen LogP contribution in [0.25, 0.3) is 0 Å². The summed E-state index contributed by atoms with van der Waals surface area (Å²) in [7, 11) is -0.487. The van der Waals surface area contributed by atoms with Crippen LogP contribution in [-0.4, -0.2) is 25.6 Å². The van der Waals surface area contributed by atoms with Crippen LogP contribution in [0.5, 0.6) is 0 Å². The van der Waals surface area contributed by atoms with Crippen molar-refractivity contribution in [2.24, 2.45) is 35.5 Å². The highest BCUT2D eigenvalue weighted by molar-refractivity contribution is 6.36. The topological polar surface area (TPSA) is 27.7 Å². The molecular formula is C30H57BO3. The van der Waals surface area contributed by atoms with E-state index in [2.05, 4.69) is 41.5 Å². The van der Waals surface area contributed by atoms with Gasteiger partial charge in [0.2, 0.25) is 0 Å². The van der Waals surface area contributed by atoms with Crippen molar-refractivity contribution in [3.63, 3.8) is 0 Å². The van der Waals surface area contributed by atoms with E-state index < -0.39 is 7.32 Å². The summed E-state index contributed by atoms with van der Waals surface area (Å²) in [6.45, 7) is 14.1. The normalized spacial score (nSPS) is 39.2. The zero-order valence-corrected chi connectivity index (χ0v) is 23.6. The van der Waals surface area contributed by atoms with E-state index in [0.29, 0.717) is 17.8 Å². The standard InChI is InChI=1S/C30H57BO3/c1-7-10-25-16-13-22(4)19-28(25)32-31(33-29-20-23(5)14-17-26(29)11-8-2)34-30-21-24(6)15-18-27(30)12-9-3/h22-30H,7-21H2,1-6H3. The van der Waals surface area contributed by atoms with Crippen molar-refractivity contribution in [2.75, 3.05) is 0 Å². The Hall–Kier alpha value is -0.0551. The SMILES string of the molecule is CCCC1CCC(C)CC1OB(OC1CC(C)CCC1CCC)OC1CC(C)CCC1CCC. The zero-order chi connectivity index (χ0) is 24.5. The van der Waals surface area contributed by atoms with Gasteiger partial charge in [0.05, 0.1) is 0 Å². The second kappa shape index (κ2) is 14.6. The quantitative estimate of drug-likeness (QED) is 0.263. The Labute approximate surface area is 213 Å². The minimum Gasteiger partial charge on any atom is -0.383 e. The molecule has 0 spiro atoms. The molecule has 0 radical (unpaired) electrons. The van der Waals surface area contributed by atoms with Gasteiger partial charge in [-0.1, -0.05) is 80.1 Å². The van der Waals surface area contributed by atoms with Crippen LogP contribution < -0.4 is 0 Å². The highest BCUT2D eigenvalue weighted by Crippen LogP contribution is 2.39. The summed E-state index contributed by atoms with van der Waals surface area (Å²) in [5, 5.41) is 0. The zero-order valence-electron chi connectivity index (χ0n) is 23.6. The minimum absolute atomic E-state index is 0.282. The van der Waals surface area contributed by atoms with Gasteiger partial charge in [-0.25, -0.2) is 0 Å². The molecule has 4 heteroatoms. The van der Waals surface area contributed by atoms with Crippen LogP contribution in [0.15, 0.2) is 0 Å². The predicted octanol–water partition coefficient (Wildman–Crippen LogP) is 8.84. The Morgan fingerprint density at radius 3 is 1.06 bits per heavy atom. The third-order valence-electron chi connectivity index (χ3n) is 9.41. The van der Waals surface area contributed by atoms with Crippen molar-refractivity contribution in [1.82, 2.24) is 0 Å². The van der Waals surface area contributed by atoms with Crippen LogP contribution in [0.4, 0.5) is 0 Å². The van der Waals surface area contributed by atoms with Crippen LogP contribution >= 0.6 is 0 Å². The summed E-state index contributed by atoms with van der Waals surface area (Å²) in [5.74, 6) is 4.19. The predicted molar refractivity (Wildman–Crippen MR) is 145 cm³/mol. The molecule has 3 saturated carbocycles. The highest BCUT2D eigenvalue weighted by Gasteiger charge is 2.42. The number of hydrogen-bond acceptors (Lipinski definition) is 3. The molecule has 9 unspecified atom stereocenters. The summed E-state index contributed by atoms with van der Waals surface area (Å²) in [6.07, 6.45) is 19.8. The molecule has 9 atom stereocenters. The molecule has 0 N–H and O–H groups in total. The van der Waals surface area contributed by atoms with Gasteiger partial charge in [-0.05, 0) is 93.3 Å². The maximum absolute atomic E-state index is 6.91. The van der Waals surface area contributed by atoms with Crippen LogP contribution in [0, 0.1) is 35.5 Å². The second-order valence-corrected chi connectivity index (χ2v) is 12.7. The van der Waals surface area contributed by atoms with Crippen molar-refractivity contribution in [3.8, 4) is 0 Å². The van der Waals surface area contributed by atoms with E-state index in [1.54, 1.807) is 0 Å². The van der Waals surface area contributed by atoms with Gasteiger partial charge >= 0.3 is 7.32 Å². The van der Waals surface area contributed by atoms with Crippen molar-refractivity contribution in [2.45, 2.75) is 156 Å². The smallest absolute Gasteiger partial charge is 0.383 e. The summed E-state index contributed by atoms with van der Waals surface area (Å²) in [4.78, 5) is 0. The summed E-state index contributed by atoms with van der Waals surface area (Å²) >= 11 is 0. The lowest BCUT2D eigenvalue weighted by atomic mass is 9.76. The van der Waals surface area contributed by atoms with E-state index in [1.807, 2.05) is 0 Å². The van der Waals surface area contributed by atoms with Crippen LogP contribution in [0.1, 0.15) is 138 Å². The largest absolute Gasteiger partial charge is 0.640 e. The number of hydrogen-bond donors (Lipinski definition) is 0. The maximum Gasteiger partial charge on any atom is 0.640 e. The van der Waals surface area contributed by atoms with Gasteiger partial charge in [0, 0.05) is 18.3 Å². The van der Waals surface area contributed by atoms with Crippen LogP contribution in [-0.2, 0) is 14.0 Å². The van der Waals surface area contributed by atoms with Gasteiger partial charge in [-0.2, -0.15) is 0 Å². The summed E-state index contributed by atoms with van der Waals surface area (Å²) < 4.78 is 20.7. The van der Waals surface area contributed by atoms with Crippen molar-refractivity contribution >= 4 is 7.32 Å². The van der Waals surface area contributed by atoms with E-state index >= 15 is 0 Å². The van der Waals surface area contributed by atoms with Gasteiger partial charge in [-0.3, -0.25) is 0 Å². The van der Waals surface area contributed by atoms with E-state index in [1.165, 1.54) is 77.0 Å². The first-order valence-electron chi connectivity index (χ1n) is 15.4. The first-order chi connectivity index (χ1) is 16.4. The lowest BCUT2D eigenvalue weighted by Gasteiger charge is -2.41. The molecule has 0 aromatic carbocycles. The summed E-state index contributed by atoms with van der Waals surface area (Å²) in [5.41, 5.74) is 0. The third kappa shape index (κ3) is 8.51. The van der Waals surface area contributed by atoms with Crippen molar-refractivity contribution in [1.29, 1.82) is 0 Å². The minimum atomic E-state index is -0.487. The first-order valence-corrected chi connectivity index (χ1v) is 15.4. The Kier molecular flexibility index (Phi) is 12.3. The monoisotopic (exact) mass is 476 g/mol. The molecule has 3 fully saturated rings. The average Bonchev–Trinajstić information content (AvgIpc) is 2.79. The molecule has 0 bridgehead atoms. The van der Waals surface area contributed by atoms with Gasteiger partial charge in [0.15, 0.2) is 0 Å². The van der Waals surface area contributed by atoms with Crippen LogP contribution in [0.3, 0.4) is 0 Å². The van der Waals surface area contributed by atoms with E-state index in [-0.39, 0.29) is 18.3 Å². The van der Waals surface area contributed by atoms with Crippen molar-refractivity contribution < 1.29 is 14.0 Å². The van der Waals surface area contributed by atoms with Gasteiger partial charge in [0.25, 0.3) is 0 Å². The molecule has 0 amide bonds. The molecule has 0 saturated heterocycles. The molecule has 0 heterocycles. The fourth-order valence-electron chi connectivity index (χ4n) is 7.30. The fourth-order valence-corrected chi connectivity index (χ4v) is 7.30. The third-order valence-corrected chi connectivity index (χ3v) is 9.41. The Morgan fingerprint density at radius 2 is 0.794 bits per heavy atom. The molecule has 34 heavy (non-hydrogen) atoms. The lowest BCUT2D eigenvalue weighted by Crippen LogP contribution is -2.47. The Bertz CT molecular complexity index is 481. The Morgan fingerprint density at radius 1 is 0.500 bits per heavy atom. The maximum atomic E-state index is 6.91. The molecule has 3 aliphatic carbocycles. The average molecular weight is 477 g/mol. The molecule has 0 aliphatic heterocycles. The van der Waals surface area contributed by atoms with Gasteiger partial charge in [0.1, 0.15) is 0 Å². The first kappa shape index (κ1) is 28.5. The fraction of sp³-hybridized carbons (Fsp3) is 1.00. The van der Waals surface area contributed by atoms with E-state index in [4.69, 9.17) is 14.0 Å². The lowest BCUT2D eigenvalue weighted by molar-refractivity contribution is -0.0660. The molecule has 3 aliphatic rings. The molecule has 198 valence electrons. The number of rotatable bonds is 12. The molecular weight excluding hydrogens is 419 g/mol. The molecule has 3 nitrogen and oxygen atoms in total. The van der Waals surface area contributed by atoms with E-state index in [0.717, 1.165) is 37.0 Å². The molecule has 3 rings (SSSR count). The van der Waals surface area contributed by atoms with Gasteiger partial charge < -0.3 is 14.0 Å². The highest BCUT2D eigenvalue weighted by atomic mass is 16.7. The second-order valence-electron chi connectivity index (χ2n) is 12.7. The van der Waals surface area contributed by atoms with Gasteiger partial charge in [-0.15, -0.1) is 0 Å². The molecule has 0 aromatic heterocycles. The molecule has 0 aromatic rings. The summed E-state index contributed by atoms with van der Waals surface area (Å²) in [6, 6.07) is 0. The Balaban J connectivity index is 1.76. The van der Waals surface area contributed by atoms with E-state index in [9.17, 15) is 0 Å².